The lowest BCUT2D eigenvalue weighted by Gasteiger charge is -2.47. The fourth-order valence-corrected chi connectivity index (χ4v) is 4.24. The molecule has 0 aromatic carbocycles. The Labute approximate surface area is 107 Å². The fraction of sp³-hybridized carbons (Fsp3) is 1.00. The first-order valence-electron chi connectivity index (χ1n) is 7.36. The molecule has 0 spiro atoms. The second-order valence-electron chi connectivity index (χ2n) is 7.49. The molecule has 1 heterocycles. The Balaban J connectivity index is 2.01. The van der Waals surface area contributed by atoms with Crippen molar-refractivity contribution in [3.8, 4) is 0 Å². The van der Waals surface area contributed by atoms with Gasteiger partial charge in [-0.25, -0.2) is 0 Å². The first-order chi connectivity index (χ1) is 7.85. The molecule has 1 aliphatic carbocycles. The van der Waals surface area contributed by atoms with E-state index in [4.69, 9.17) is 0 Å². The van der Waals surface area contributed by atoms with Crippen molar-refractivity contribution < 1.29 is 0 Å². The molecule has 0 amide bonds. The third-order valence-electron chi connectivity index (χ3n) is 4.47. The summed E-state index contributed by atoms with van der Waals surface area (Å²) in [5.74, 6) is 0.893. The van der Waals surface area contributed by atoms with Gasteiger partial charge in [-0.3, -0.25) is 4.90 Å². The third kappa shape index (κ3) is 3.45. The van der Waals surface area contributed by atoms with Crippen LogP contribution in [-0.2, 0) is 0 Å². The molecular weight excluding hydrogens is 208 g/mol. The molecule has 2 fully saturated rings. The van der Waals surface area contributed by atoms with Gasteiger partial charge >= 0.3 is 0 Å². The summed E-state index contributed by atoms with van der Waals surface area (Å²) in [6.07, 6.45) is 4.19. The van der Waals surface area contributed by atoms with Gasteiger partial charge in [-0.2, -0.15) is 0 Å². The molecule has 0 aromatic rings. The van der Waals surface area contributed by atoms with Crippen molar-refractivity contribution in [1.82, 2.24) is 10.2 Å². The van der Waals surface area contributed by atoms with E-state index in [2.05, 4.69) is 44.8 Å². The Morgan fingerprint density at radius 2 is 1.59 bits per heavy atom. The standard InChI is InChI=1S/C15H30N2/c1-11-6-14(8-15(4,5)7-11)17-9-12(2)16-13(3)10-17/h11-14,16H,6-10H2,1-5H3. The highest BCUT2D eigenvalue weighted by atomic mass is 15.2. The lowest BCUT2D eigenvalue weighted by atomic mass is 9.70. The minimum Gasteiger partial charge on any atom is -0.309 e. The van der Waals surface area contributed by atoms with E-state index in [-0.39, 0.29) is 0 Å². The van der Waals surface area contributed by atoms with Crippen molar-refractivity contribution in [2.24, 2.45) is 11.3 Å². The Bertz CT molecular complexity index is 252. The van der Waals surface area contributed by atoms with Crippen LogP contribution in [0.15, 0.2) is 0 Å². The van der Waals surface area contributed by atoms with Gasteiger partial charge in [-0.1, -0.05) is 20.8 Å². The van der Waals surface area contributed by atoms with Crippen LogP contribution in [0.3, 0.4) is 0 Å². The number of hydrogen-bond donors (Lipinski definition) is 1. The molecule has 2 rings (SSSR count). The summed E-state index contributed by atoms with van der Waals surface area (Å²) in [6, 6.07) is 2.12. The number of nitrogens with zero attached hydrogens (tertiary/aromatic N) is 1. The Hall–Kier alpha value is -0.0800. The number of nitrogens with one attached hydrogen (secondary N) is 1. The smallest absolute Gasteiger partial charge is 0.0169 e. The van der Waals surface area contributed by atoms with Crippen LogP contribution in [0.2, 0.25) is 0 Å². The zero-order valence-electron chi connectivity index (χ0n) is 12.3. The van der Waals surface area contributed by atoms with E-state index in [9.17, 15) is 0 Å². The van der Waals surface area contributed by atoms with Crippen LogP contribution in [0.5, 0.6) is 0 Å². The van der Waals surface area contributed by atoms with Crippen LogP contribution in [0.25, 0.3) is 0 Å². The highest BCUT2D eigenvalue weighted by Crippen LogP contribution is 2.40. The Kier molecular flexibility index (Phi) is 3.84. The van der Waals surface area contributed by atoms with Gasteiger partial charge in [0.05, 0.1) is 0 Å². The molecule has 2 heteroatoms. The van der Waals surface area contributed by atoms with E-state index in [0.29, 0.717) is 17.5 Å². The van der Waals surface area contributed by atoms with Gasteiger partial charge in [0, 0.05) is 31.2 Å². The molecule has 4 atom stereocenters. The summed E-state index contributed by atoms with van der Waals surface area (Å²) < 4.78 is 0. The maximum atomic E-state index is 3.64. The number of rotatable bonds is 1. The average Bonchev–Trinajstić information content (AvgIpc) is 2.12. The Morgan fingerprint density at radius 1 is 1.00 bits per heavy atom. The summed E-state index contributed by atoms with van der Waals surface area (Å²) in [6.45, 7) is 14.4. The number of piperazine rings is 1. The van der Waals surface area contributed by atoms with E-state index in [1.165, 1.54) is 32.4 Å². The summed E-state index contributed by atoms with van der Waals surface area (Å²) in [4.78, 5) is 2.75. The molecule has 0 aromatic heterocycles. The summed E-state index contributed by atoms with van der Waals surface area (Å²) >= 11 is 0. The van der Waals surface area contributed by atoms with Crippen LogP contribution in [0.1, 0.15) is 53.9 Å². The van der Waals surface area contributed by atoms with Gasteiger partial charge in [-0.15, -0.1) is 0 Å². The Morgan fingerprint density at radius 3 is 2.12 bits per heavy atom. The van der Waals surface area contributed by atoms with Crippen molar-refractivity contribution in [2.75, 3.05) is 13.1 Å². The monoisotopic (exact) mass is 238 g/mol. The van der Waals surface area contributed by atoms with E-state index >= 15 is 0 Å². The number of hydrogen-bond acceptors (Lipinski definition) is 2. The third-order valence-corrected chi connectivity index (χ3v) is 4.47. The van der Waals surface area contributed by atoms with E-state index in [1.54, 1.807) is 0 Å². The molecule has 1 saturated heterocycles. The minimum absolute atomic E-state index is 0.541. The first-order valence-corrected chi connectivity index (χ1v) is 7.36. The second kappa shape index (κ2) is 4.89. The predicted molar refractivity (Wildman–Crippen MR) is 74.2 cm³/mol. The molecule has 2 nitrogen and oxygen atoms in total. The van der Waals surface area contributed by atoms with E-state index in [1.807, 2.05) is 0 Å². The van der Waals surface area contributed by atoms with Gasteiger partial charge in [0.2, 0.25) is 0 Å². The largest absolute Gasteiger partial charge is 0.309 e. The van der Waals surface area contributed by atoms with Crippen molar-refractivity contribution in [1.29, 1.82) is 0 Å². The van der Waals surface area contributed by atoms with E-state index in [0.717, 1.165) is 12.0 Å². The highest BCUT2D eigenvalue weighted by molar-refractivity contribution is 4.92. The zero-order valence-corrected chi connectivity index (χ0v) is 12.3. The van der Waals surface area contributed by atoms with E-state index < -0.39 is 0 Å². The maximum absolute atomic E-state index is 3.64. The van der Waals surface area contributed by atoms with Crippen molar-refractivity contribution >= 4 is 0 Å². The lowest BCUT2D eigenvalue weighted by Crippen LogP contribution is -2.58. The molecule has 17 heavy (non-hydrogen) atoms. The average molecular weight is 238 g/mol. The summed E-state index contributed by atoms with van der Waals surface area (Å²) in [7, 11) is 0. The highest BCUT2D eigenvalue weighted by Gasteiger charge is 2.36. The molecule has 4 unspecified atom stereocenters. The van der Waals surface area contributed by atoms with Crippen LogP contribution >= 0.6 is 0 Å². The van der Waals surface area contributed by atoms with Gasteiger partial charge in [0.15, 0.2) is 0 Å². The molecule has 0 bridgehead atoms. The topological polar surface area (TPSA) is 15.3 Å². The van der Waals surface area contributed by atoms with Crippen molar-refractivity contribution in [3.05, 3.63) is 0 Å². The molecule has 1 saturated carbocycles. The summed E-state index contributed by atoms with van der Waals surface area (Å²) in [5, 5.41) is 3.64. The zero-order chi connectivity index (χ0) is 12.6. The van der Waals surface area contributed by atoms with Gasteiger partial charge < -0.3 is 5.32 Å². The second-order valence-corrected chi connectivity index (χ2v) is 7.49. The lowest BCUT2D eigenvalue weighted by molar-refractivity contribution is 0.0398. The molecular formula is C15H30N2. The summed E-state index contributed by atoms with van der Waals surface area (Å²) in [5.41, 5.74) is 0.541. The molecule has 1 aliphatic heterocycles. The quantitative estimate of drug-likeness (QED) is 0.755. The normalized spacial score (nSPS) is 43.6. The van der Waals surface area contributed by atoms with Crippen LogP contribution in [0, 0.1) is 11.3 Å². The van der Waals surface area contributed by atoms with Gasteiger partial charge in [0.1, 0.15) is 0 Å². The SMILES string of the molecule is CC1CC(N2CC(C)NC(C)C2)CC(C)(C)C1. The molecule has 100 valence electrons. The first kappa shape index (κ1) is 13.4. The molecule has 0 radical (unpaired) electrons. The van der Waals surface area contributed by atoms with Gasteiger partial charge in [0.25, 0.3) is 0 Å². The maximum Gasteiger partial charge on any atom is 0.0169 e. The van der Waals surface area contributed by atoms with Crippen LogP contribution in [0.4, 0.5) is 0 Å². The molecule has 1 N–H and O–H groups in total. The fourth-order valence-electron chi connectivity index (χ4n) is 4.24. The van der Waals surface area contributed by atoms with Crippen LogP contribution in [-0.4, -0.2) is 36.1 Å². The van der Waals surface area contributed by atoms with Gasteiger partial charge in [-0.05, 0) is 44.4 Å². The molecule has 2 aliphatic rings. The van der Waals surface area contributed by atoms with Crippen molar-refractivity contribution in [2.45, 2.75) is 72.0 Å². The van der Waals surface area contributed by atoms with Crippen molar-refractivity contribution in [3.63, 3.8) is 0 Å². The minimum atomic E-state index is 0.541. The van der Waals surface area contributed by atoms with Crippen LogP contribution < -0.4 is 5.32 Å². The predicted octanol–water partition coefficient (Wildman–Crippen LogP) is 2.88.